The zero-order valence-electron chi connectivity index (χ0n) is 37.0. The van der Waals surface area contributed by atoms with Gasteiger partial charge in [-0.05, 0) is 158 Å². The van der Waals surface area contributed by atoms with Crippen LogP contribution in [0.4, 0.5) is 17.1 Å². The molecular formula is C65H49N. The molecule has 0 saturated heterocycles. The van der Waals surface area contributed by atoms with Crippen molar-refractivity contribution in [1.29, 1.82) is 0 Å². The zero-order valence-corrected chi connectivity index (χ0v) is 37.0. The first kappa shape index (κ1) is 38.7. The smallest absolute Gasteiger partial charge is 0.0726 e. The molecule has 0 saturated carbocycles. The van der Waals surface area contributed by atoms with Gasteiger partial charge in [-0.25, -0.2) is 0 Å². The molecule has 1 atom stereocenters. The number of nitrogens with zero attached hydrogens (tertiary/aromatic N) is 1. The van der Waals surface area contributed by atoms with Gasteiger partial charge in [0.1, 0.15) is 0 Å². The molecule has 0 heterocycles. The van der Waals surface area contributed by atoms with Crippen LogP contribution in [-0.4, -0.2) is 0 Å². The standard InChI is InChI=1S/C65H49N/c1-3-17-44(18-4-1)46-33-37-51(38-34-46)66(52-39-35-48(36-40-52)54-24-10-9-23-53(54)47-20-5-2-6-21-47)64-43-63-59(42-58(64)50-32-31-45-19-7-8-22-49(45)41-50)57-27-13-16-30-62(57)65(63)60-28-14-11-25-55(60)56-26-12-15-29-61(56)65/h1-6,9-17,20-21,23-44H,7-8,18-19,22H2. The molecule has 4 aliphatic rings. The van der Waals surface area contributed by atoms with Crippen molar-refractivity contribution in [3.63, 3.8) is 0 Å². The zero-order chi connectivity index (χ0) is 43.6. The number of rotatable bonds is 7. The molecular weight excluding hydrogens is 795 g/mol. The number of fused-ring (bicyclic) bond motifs is 11. The molecule has 314 valence electrons. The number of benzene rings is 9. The Balaban J connectivity index is 1.07. The van der Waals surface area contributed by atoms with Crippen LogP contribution in [-0.2, 0) is 18.3 Å². The molecule has 1 nitrogen and oxygen atoms in total. The van der Waals surface area contributed by atoms with Crippen LogP contribution in [0.2, 0.25) is 0 Å². The molecule has 0 fully saturated rings. The van der Waals surface area contributed by atoms with Crippen LogP contribution >= 0.6 is 0 Å². The maximum Gasteiger partial charge on any atom is 0.0726 e. The van der Waals surface area contributed by atoms with E-state index in [1.54, 1.807) is 0 Å². The average Bonchev–Trinajstić information content (AvgIpc) is 3.86. The highest BCUT2D eigenvalue weighted by molar-refractivity contribution is 6.00. The van der Waals surface area contributed by atoms with Gasteiger partial charge in [-0.3, -0.25) is 0 Å². The summed E-state index contributed by atoms with van der Waals surface area (Å²) in [6.45, 7) is 0. The van der Waals surface area contributed by atoms with Crippen LogP contribution in [0.3, 0.4) is 0 Å². The average molecular weight is 844 g/mol. The van der Waals surface area contributed by atoms with E-state index in [0.29, 0.717) is 5.92 Å². The van der Waals surface area contributed by atoms with Crippen molar-refractivity contribution in [1.82, 2.24) is 0 Å². The summed E-state index contributed by atoms with van der Waals surface area (Å²) in [6.07, 6.45) is 14.8. The van der Waals surface area contributed by atoms with Gasteiger partial charge in [0.25, 0.3) is 0 Å². The fourth-order valence-corrected chi connectivity index (χ4v) is 12.0. The predicted octanol–water partition coefficient (Wildman–Crippen LogP) is 17.0. The van der Waals surface area contributed by atoms with Crippen molar-refractivity contribution in [3.8, 4) is 55.6 Å². The van der Waals surface area contributed by atoms with Gasteiger partial charge in [0.05, 0.1) is 11.1 Å². The van der Waals surface area contributed by atoms with Crippen molar-refractivity contribution >= 4 is 17.1 Å². The minimum Gasteiger partial charge on any atom is -0.310 e. The molecule has 1 unspecified atom stereocenters. The number of hydrogen-bond donors (Lipinski definition) is 0. The summed E-state index contributed by atoms with van der Waals surface area (Å²) in [5.74, 6) is 0.369. The third kappa shape index (κ3) is 6.07. The van der Waals surface area contributed by atoms with Gasteiger partial charge in [-0.15, -0.1) is 0 Å². The third-order valence-corrected chi connectivity index (χ3v) is 15.0. The summed E-state index contributed by atoms with van der Waals surface area (Å²) in [5.41, 5.74) is 25.4. The molecule has 0 amide bonds. The molecule has 0 N–H and O–H groups in total. The van der Waals surface area contributed by atoms with E-state index < -0.39 is 5.41 Å². The quantitative estimate of drug-likeness (QED) is 0.154. The number of hydrogen-bond acceptors (Lipinski definition) is 1. The van der Waals surface area contributed by atoms with E-state index in [0.717, 1.165) is 30.6 Å². The van der Waals surface area contributed by atoms with E-state index in [2.05, 4.69) is 235 Å². The van der Waals surface area contributed by atoms with Crippen LogP contribution in [0.15, 0.2) is 231 Å². The normalized spacial score (nSPS) is 15.7. The summed E-state index contributed by atoms with van der Waals surface area (Å²) in [4.78, 5) is 2.55. The number of aryl methyl sites for hydroxylation is 2. The molecule has 9 aromatic carbocycles. The van der Waals surface area contributed by atoms with E-state index in [1.807, 2.05) is 0 Å². The Morgan fingerprint density at radius 3 is 1.53 bits per heavy atom. The van der Waals surface area contributed by atoms with Crippen LogP contribution < -0.4 is 4.90 Å². The summed E-state index contributed by atoms with van der Waals surface area (Å²) in [7, 11) is 0. The molecule has 0 bridgehead atoms. The monoisotopic (exact) mass is 843 g/mol. The second-order valence-corrected chi connectivity index (χ2v) is 18.5. The molecule has 9 aromatic rings. The highest BCUT2D eigenvalue weighted by Gasteiger charge is 2.52. The van der Waals surface area contributed by atoms with Crippen molar-refractivity contribution < 1.29 is 0 Å². The fourth-order valence-electron chi connectivity index (χ4n) is 12.0. The van der Waals surface area contributed by atoms with Crippen molar-refractivity contribution in [2.45, 2.75) is 43.4 Å². The first-order valence-corrected chi connectivity index (χ1v) is 23.8. The largest absolute Gasteiger partial charge is 0.310 e. The lowest BCUT2D eigenvalue weighted by atomic mass is 9.70. The van der Waals surface area contributed by atoms with Gasteiger partial charge in [-0.2, -0.15) is 0 Å². The molecule has 66 heavy (non-hydrogen) atoms. The fraction of sp³-hybridized carbons (Fsp3) is 0.108. The van der Waals surface area contributed by atoms with Crippen molar-refractivity contribution in [2.75, 3.05) is 4.90 Å². The minimum absolute atomic E-state index is 0.369. The second-order valence-electron chi connectivity index (χ2n) is 18.5. The Kier molecular flexibility index (Phi) is 9.24. The second kappa shape index (κ2) is 15.8. The molecule has 4 aliphatic carbocycles. The summed E-state index contributed by atoms with van der Waals surface area (Å²) in [6, 6.07) is 78.3. The van der Waals surface area contributed by atoms with E-state index in [4.69, 9.17) is 0 Å². The first-order valence-electron chi connectivity index (χ1n) is 23.8. The number of allylic oxidation sites excluding steroid dienone is 4. The van der Waals surface area contributed by atoms with E-state index in [9.17, 15) is 0 Å². The summed E-state index contributed by atoms with van der Waals surface area (Å²) >= 11 is 0. The SMILES string of the molecule is C1=CCC(c2ccc(N(c3ccc(-c4ccccc4-c4ccccc4)cc3)c3cc4c(cc3-c3ccc5c(c3)CCCC5)-c3ccccc3C43c4ccccc4-c4ccccc43)cc2)C=C1. The Labute approximate surface area is 388 Å². The minimum atomic E-state index is -0.469. The number of anilines is 3. The lowest BCUT2D eigenvalue weighted by molar-refractivity contribution is 0.686. The predicted molar refractivity (Wildman–Crippen MR) is 276 cm³/mol. The lowest BCUT2D eigenvalue weighted by Crippen LogP contribution is -2.26. The van der Waals surface area contributed by atoms with Gasteiger partial charge in [-0.1, -0.05) is 194 Å². The third-order valence-electron chi connectivity index (χ3n) is 15.0. The Morgan fingerprint density at radius 2 is 0.909 bits per heavy atom. The van der Waals surface area contributed by atoms with Crippen molar-refractivity contribution in [2.24, 2.45) is 0 Å². The van der Waals surface area contributed by atoms with Gasteiger partial charge in [0.2, 0.25) is 0 Å². The van der Waals surface area contributed by atoms with Gasteiger partial charge >= 0.3 is 0 Å². The molecule has 13 rings (SSSR count). The van der Waals surface area contributed by atoms with E-state index in [1.165, 1.54) is 113 Å². The van der Waals surface area contributed by atoms with Gasteiger partial charge < -0.3 is 4.90 Å². The summed E-state index contributed by atoms with van der Waals surface area (Å²) in [5, 5.41) is 0. The Hall–Kier alpha value is -7.74. The lowest BCUT2D eigenvalue weighted by Gasteiger charge is -2.33. The molecule has 1 heteroatoms. The Bertz CT molecular complexity index is 3340. The van der Waals surface area contributed by atoms with Crippen LogP contribution in [0.5, 0.6) is 0 Å². The van der Waals surface area contributed by atoms with Crippen LogP contribution in [0, 0.1) is 0 Å². The maximum atomic E-state index is 2.59. The van der Waals surface area contributed by atoms with Gasteiger partial charge in [0.15, 0.2) is 0 Å². The Morgan fingerprint density at radius 1 is 0.379 bits per heavy atom. The highest BCUT2D eigenvalue weighted by atomic mass is 15.1. The molecule has 1 spiro atoms. The van der Waals surface area contributed by atoms with Gasteiger partial charge in [0, 0.05) is 22.9 Å². The topological polar surface area (TPSA) is 3.24 Å². The molecule has 0 aliphatic heterocycles. The summed E-state index contributed by atoms with van der Waals surface area (Å²) < 4.78 is 0. The van der Waals surface area contributed by atoms with Crippen molar-refractivity contribution in [3.05, 3.63) is 270 Å². The van der Waals surface area contributed by atoms with Crippen LogP contribution in [0.1, 0.15) is 64.1 Å². The van der Waals surface area contributed by atoms with Crippen LogP contribution in [0.25, 0.3) is 55.6 Å². The maximum absolute atomic E-state index is 2.59. The molecule has 0 radical (unpaired) electrons. The molecule has 0 aromatic heterocycles. The van der Waals surface area contributed by atoms with E-state index >= 15 is 0 Å². The highest BCUT2D eigenvalue weighted by Crippen LogP contribution is 2.64. The van der Waals surface area contributed by atoms with E-state index in [-0.39, 0.29) is 0 Å². The first-order chi connectivity index (χ1) is 32.7.